The summed E-state index contributed by atoms with van der Waals surface area (Å²) in [6, 6.07) is 2.87. The highest BCUT2D eigenvalue weighted by Crippen LogP contribution is 2.30. The van der Waals surface area contributed by atoms with Gasteiger partial charge in [-0.05, 0) is 41.6 Å². The van der Waals surface area contributed by atoms with Crippen LogP contribution in [0.25, 0.3) is 0 Å². The van der Waals surface area contributed by atoms with Crippen molar-refractivity contribution in [2.75, 3.05) is 0 Å². The molecule has 0 N–H and O–H groups in total. The number of Topliss-reactive ketones (excluding diaryl/α,β-unsaturated/α-hetero) is 1. The summed E-state index contributed by atoms with van der Waals surface area (Å²) in [6.07, 6.45) is 0. The fourth-order valence-corrected chi connectivity index (χ4v) is 2.63. The Hall–Kier alpha value is -0.240. The third kappa shape index (κ3) is 3.37. The van der Waals surface area contributed by atoms with E-state index in [0.29, 0.717) is 13.6 Å². The fraction of sp³-hybridized carbons (Fsp3) is 0.222. The molecule has 82 valence electrons. The first-order valence-corrected chi connectivity index (χ1v) is 5.73. The second-order valence-corrected chi connectivity index (χ2v) is 4.71. The minimum atomic E-state index is -2.89. The SMILES string of the molecule is CC(=O)c1cc(OC(F)F)c(I)cc1Br. The molecule has 0 aliphatic heterocycles. The van der Waals surface area contributed by atoms with Crippen LogP contribution in [0.15, 0.2) is 16.6 Å². The van der Waals surface area contributed by atoms with Crippen LogP contribution in [0, 0.1) is 3.57 Å². The molecule has 0 atom stereocenters. The number of halogens is 4. The molecule has 15 heavy (non-hydrogen) atoms. The van der Waals surface area contributed by atoms with Gasteiger partial charge in [0.2, 0.25) is 0 Å². The van der Waals surface area contributed by atoms with Crippen LogP contribution in [0.5, 0.6) is 5.75 Å². The molecule has 2 nitrogen and oxygen atoms in total. The van der Waals surface area contributed by atoms with Crippen molar-refractivity contribution < 1.29 is 18.3 Å². The summed E-state index contributed by atoms with van der Waals surface area (Å²) < 4.78 is 29.4. The Morgan fingerprint density at radius 3 is 2.60 bits per heavy atom. The quantitative estimate of drug-likeness (QED) is 0.578. The summed E-state index contributed by atoms with van der Waals surface area (Å²) in [4.78, 5) is 11.1. The van der Waals surface area contributed by atoms with Gasteiger partial charge in [0.1, 0.15) is 5.75 Å². The molecule has 0 aliphatic rings. The number of ketones is 1. The number of ether oxygens (including phenoxy) is 1. The summed E-state index contributed by atoms with van der Waals surface area (Å²) in [6.45, 7) is -1.53. The molecule has 0 spiro atoms. The molecule has 0 fully saturated rings. The first-order valence-electron chi connectivity index (χ1n) is 3.86. The van der Waals surface area contributed by atoms with E-state index in [0.717, 1.165) is 0 Å². The second-order valence-electron chi connectivity index (χ2n) is 2.70. The molecular weight excluding hydrogens is 385 g/mol. The van der Waals surface area contributed by atoms with E-state index in [1.807, 2.05) is 22.6 Å². The smallest absolute Gasteiger partial charge is 0.387 e. The van der Waals surface area contributed by atoms with Crippen LogP contribution in [-0.4, -0.2) is 12.4 Å². The molecule has 0 radical (unpaired) electrons. The van der Waals surface area contributed by atoms with Gasteiger partial charge in [0.25, 0.3) is 0 Å². The van der Waals surface area contributed by atoms with Gasteiger partial charge in [-0.2, -0.15) is 8.78 Å². The van der Waals surface area contributed by atoms with Crippen LogP contribution in [0.4, 0.5) is 8.78 Å². The van der Waals surface area contributed by atoms with Crippen LogP contribution in [0.1, 0.15) is 17.3 Å². The Kier molecular flexibility index (Phi) is 4.45. The van der Waals surface area contributed by atoms with E-state index < -0.39 is 6.61 Å². The number of carbonyl (C=O) groups is 1. The van der Waals surface area contributed by atoms with Crippen LogP contribution < -0.4 is 4.74 Å². The van der Waals surface area contributed by atoms with E-state index in [1.54, 1.807) is 6.07 Å². The lowest BCUT2D eigenvalue weighted by molar-refractivity contribution is -0.0504. The molecule has 1 rings (SSSR count). The first kappa shape index (κ1) is 12.8. The van der Waals surface area contributed by atoms with E-state index in [9.17, 15) is 13.6 Å². The van der Waals surface area contributed by atoms with Crippen LogP contribution in [-0.2, 0) is 0 Å². The Bertz CT molecular complexity index is 396. The number of carbonyl (C=O) groups excluding carboxylic acids is 1. The predicted octanol–water partition coefficient (Wildman–Crippen LogP) is 3.86. The van der Waals surface area contributed by atoms with Crippen molar-refractivity contribution in [2.45, 2.75) is 13.5 Å². The number of alkyl halides is 2. The topological polar surface area (TPSA) is 26.3 Å². The second kappa shape index (κ2) is 5.20. The maximum atomic E-state index is 12.0. The molecule has 0 saturated heterocycles. The van der Waals surface area contributed by atoms with Gasteiger partial charge in [-0.3, -0.25) is 4.79 Å². The van der Waals surface area contributed by atoms with Gasteiger partial charge in [-0.15, -0.1) is 0 Å². The largest absolute Gasteiger partial charge is 0.434 e. The lowest BCUT2D eigenvalue weighted by Gasteiger charge is -2.09. The minimum Gasteiger partial charge on any atom is -0.434 e. The number of rotatable bonds is 3. The molecule has 0 saturated carbocycles. The third-order valence-electron chi connectivity index (χ3n) is 1.62. The van der Waals surface area contributed by atoms with Crippen molar-refractivity contribution in [2.24, 2.45) is 0 Å². The summed E-state index contributed by atoms with van der Waals surface area (Å²) in [7, 11) is 0. The molecule has 6 heteroatoms. The summed E-state index contributed by atoms with van der Waals surface area (Å²) in [5, 5.41) is 0. The summed E-state index contributed by atoms with van der Waals surface area (Å²) >= 11 is 5.04. The predicted molar refractivity (Wildman–Crippen MR) is 63.5 cm³/mol. The number of hydrogen-bond acceptors (Lipinski definition) is 2. The maximum Gasteiger partial charge on any atom is 0.387 e. The molecule has 0 heterocycles. The van der Waals surface area contributed by atoms with Gasteiger partial charge in [0, 0.05) is 10.0 Å². The monoisotopic (exact) mass is 390 g/mol. The van der Waals surface area contributed by atoms with Gasteiger partial charge in [-0.25, -0.2) is 0 Å². The van der Waals surface area contributed by atoms with E-state index >= 15 is 0 Å². The van der Waals surface area contributed by atoms with Gasteiger partial charge >= 0.3 is 6.61 Å². The molecule has 0 aliphatic carbocycles. The van der Waals surface area contributed by atoms with Crippen LogP contribution >= 0.6 is 38.5 Å². The lowest BCUT2D eigenvalue weighted by atomic mass is 10.1. The van der Waals surface area contributed by atoms with Crippen molar-refractivity contribution >= 4 is 44.3 Å². The van der Waals surface area contributed by atoms with E-state index in [1.165, 1.54) is 13.0 Å². The first-order chi connectivity index (χ1) is 6.91. The van der Waals surface area contributed by atoms with E-state index in [-0.39, 0.29) is 11.5 Å². The maximum absolute atomic E-state index is 12.0. The Morgan fingerprint density at radius 1 is 1.53 bits per heavy atom. The average molecular weight is 391 g/mol. The van der Waals surface area contributed by atoms with Gasteiger partial charge < -0.3 is 4.74 Å². The fourth-order valence-electron chi connectivity index (χ4n) is 0.985. The average Bonchev–Trinajstić information content (AvgIpc) is 2.08. The van der Waals surface area contributed by atoms with Crippen LogP contribution in [0.3, 0.4) is 0 Å². The molecule has 0 aromatic heterocycles. The van der Waals surface area contributed by atoms with Crippen molar-refractivity contribution in [3.05, 3.63) is 25.7 Å². The number of benzene rings is 1. The molecule has 0 unspecified atom stereocenters. The zero-order chi connectivity index (χ0) is 11.6. The summed E-state index contributed by atoms with van der Waals surface area (Å²) in [5.41, 5.74) is 0.325. The third-order valence-corrected chi connectivity index (χ3v) is 3.12. The van der Waals surface area contributed by atoms with Gasteiger partial charge in [-0.1, -0.05) is 15.9 Å². The zero-order valence-electron chi connectivity index (χ0n) is 7.56. The molecule has 1 aromatic carbocycles. The number of hydrogen-bond donors (Lipinski definition) is 0. The normalized spacial score (nSPS) is 10.5. The van der Waals surface area contributed by atoms with Crippen molar-refractivity contribution in [3.8, 4) is 5.75 Å². The summed E-state index contributed by atoms with van der Waals surface area (Å²) in [5.74, 6) is -0.198. The standard InChI is InChI=1S/C9H6BrF2IO2/c1-4(14)5-2-8(15-9(11)12)7(13)3-6(5)10/h2-3,9H,1H3. The van der Waals surface area contributed by atoms with E-state index in [2.05, 4.69) is 20.7 Å². The molecule has 0 amide bonds. The Labute approximate surface area is 107 Å². The highest BCUT2D eigenvalue weighted by molar-refractivity contribution is 14.1. The molecular formula is C9H6BrF2IO2. The van der Waals surface area contributed by atoms with Gasteiger partial charge in [0.15, 0.2) is 5.78 Å². The van der Waals surface area contributed by atoms with Crippen LogP contribution in [0.2, 0.25) is 0 Å². The minimum absolute atomic E-state index is 0.0130. The molecule has 0 bridgehead atoms. The Morgan fingerprint density at radius 2 is 2.13 bits per heavy atom. The van der Waals surface area contributed by atoms with Gasteiger partial charge in [0.05, 0.1) is 3.57 Å². The zero-order valence-corrected chi connectivity index (χ0v) is 11.3. The highest BCUT2D eigenvalue weighted by Gasteiger charge is 2.13. The lowest BCUT2D eigenvalue weighted by Crippen LogP contribution is -2.05. The molecule has 1 aromatic rings. The van der Waals surface area contributed by atoms with Crippen molar-refractivity contribution in [1.29, 1.82) is 0 Å². The van der Waals surface area contributed by atoms with Crippen molar-refractivity contribution in [3.63, 3.8) is 0 Å². The van der Waals surface area contributed by atoms with Crippen molar-refractivity contribution in [1.82, 2.24) is 0 Å². The highest BCUT2D eigenvalue weighted by atomic mass is 127. The Balaban J connectivity index is 3.17. The van der Waals surface area contributed by atoms with E-state index in [4.69, 9.17) is 0 Å².